The van der Waals surface area contributed by atoms with E-state index in [-0.39, 0.29) is 5.91 Å². The van der Waals surface area contributed by atoms with E-state index in [4.69, 9.17) is 5.26 Å². The lowest BCUT2D eigenvalue weighted by Crippen LogP contribution is -2.22. The van der Waals surface area contributed by atoms with Crippen LogP contribution in [0.2, 0.25) is 0 Å². The lowest BCUT2D eigenvalue weighted by molar-refractivity contribution is -0.115. The Morgan fingerprint density at radius 3 is 2.59 bits per heavy atom. The molecule has 1 heterocycles. The Kier molecular flexibility index (Phi) is 5.52. The van der Waals surface area contributed by atoms with Crippen molar-refractivity contribution in [2.24, 2.45) is 0 Å². The Balaban J connectivity index is 1.71. The number of tetrazole rings is 1. The van der Waals surface area contributed by atoms with Gasteiger partial charge in [-0.25, -0.2) is 0 Å². The molecule has 7 nitrogen and oxygen atoms in total. The highest BCUT2D eigenvalue weighted by molar-refractivity contribution is 8.00. The Morgan fingerprint density at radius 2 is 1.93 bits per heavy atom. The number of hydrogen-bond acceptors (Lipinski definition) is 6. The standard InChI is InChI=1S/C19H18N6OS/c1-12-4-9-17(10-13(12)2)25-19(22-23-24-25)27-14(3)18(26)21-16-7-5-15(11-20)6-8-16/h4-10,14H,1-3H3,(H,21,26)/t14-/m0/s1. The third kappa shape index (κ3) is 4.33. The number of hydrogen-bond donors (Lipinski definition) is 1. The minimum absolute atomic E-state index is 0.167. The van der Waals surface area contributed by atoms with Crippen molar-refractivity contribution in [3.05, 3.63) is 59.2 Å². The molecule has 0 aliphatic carbocycles. The summed E-state index contributed by atoms with van der Waals surface area (Å²) in [5, 5.41) is 23.6. The molecule has 0 saturated heterocycles. The second-order valence-corrected chi connectivity index (χ2v) is 7.39. The Bertz CT molecular complexity index is 1010. The van der Waals surface area contributed by atoms with Crippen molar-refractivity contribution in [1.29, 1.82) is 5.26 Å². The van der Waals surface area contributed by atoms with E-state index in [1.165, 1.54) is 17.3 Å². The van der Waals surface area contributed by atoms with Crippen LogP contribution in [0.4, 0.5) is 5.69 Å². The van der Waals surface area contributed by atoms with Crippen molar-refractivity contribution < 1.29 is 4.79 Å². The number of carbonyl (C=O) groups is 1. The van der Waals surface area contributed by atoms with Gasteiger partial charge in [0.2, 0.25) is 11.1 Å². The summed E-state index contributed by atoms with van der Waals surface area (Å²) in [5.41, 5.74) is 4.37. The van der Waals surface area contributed by atoms with Gasteiger partial charge in [0.05, 0.1) is 22.6 Å². The topological polar surface area (TPSA) is 96.5 Å². The number of nitrogens with zero attached hydrogens (tertiary/aromatic N) is 5. The number of amides is 1. The zero-order chi connectivity index (χ0) is 19.4. The van der Waals surface area contributed by atoms with Crippen LogP contribution in [0.25, 0.3) is 5.69 Å². The number of aryl methyl sites for hydroxylation is 2. The predicted octanol–water partition coefficient (Wildman–Crippen LogP) is 3.27. The van der Waals surface area contributed by atoms with E-state index in [1.54, 1.807) is 35.9 Å². The van der Waals surface area contributed by atoms with Crippen LogP contribution in [0.5, 0.6) is 0 Å². The summed E-state index contributed by atoms with van der Waals surface area (Å²) in [7, 11) is 0. The normalized spacial score (nSPS) is 11.6. The summed E-state index contributed by atoms with van der Waals surface area (Å²) in [5.74, 6) is -0.167. The molecule has 0 bridgehead atoms. The van der Waals surface area contributed by atoms with Crippen molar-refractivity contribution >= 4 is 23.4 Å². The predicted molar refractivity (Wildman–Crippen MR) is 104 cm³/mol. The summed E-state index contributed by atoms with van der Waals surface area (Å²) >= 11 is 1.28. The molecule has 1 aromatic heterocycles. The molecule has 1 N–H and O–H groups in total. The fourth-order valence-electron chi connectivity index (χ4n) is 2.36. The second-order valence-electron chi connectivity index (χ2n) is 6.08. The number of carbonyl (C=O) groups excluding carboxylic acids is 1. The highest BCUT2D eigenvalue weighted by Crippen LogP contribution is 2.24. The van der Waals surface area contributed by atoms with E-state index in [0.29, 0.717) is 16.4 Å². The van der Waals surface area contributed by atoms with Crippen molar-refractivity contribution in [2.75, 3.05) is 5.32 Å². The molecular formula is C19H18N6OS. The third-order valence-corrected chi connectivity index (χ3v) is 5.14. The van der Waals surface area contributed by atoms with E-state index in [9.17, 15) is 4.79 Å². The average Bonchev–Trinajstić information content (AvgIpc) is 3.12. The van der Waals surface area contributed by atoms with Crippen LogP contribution in [-0.2, 0) is 4.79 Å². The maximum Gasteiger partial charge on any atom is 0.237 e. The maximum absolute atomic E-state index is 12.5. The monoisotopic (exact) mass is 378 g/mol. The molecule has 8 heteroatoms. The van der Waals surface area contributed by atoms with Gasteiger partial charge in [0.25, 0.3) is 0 Å². The molecule has 0 fully saturated rings. The molecule has 1 amide bonds. The van der Waals surface area contributed by atoms with Gasteiger partial charge in [-0.1, -0.05) is 17.8 Å². The Morgan fingerprint density at radius 1 is 1.19 bits per heavy atom. The molecular weight excluding hydrogens is 360 g/mol. The molecule has 136 valence electrons. The van der Waals surface area contributed by atoms with Crippen LogP contribution in [0.15, 0.2) is 47.6 Å². The first-order valence-corrected chi connectivity index (χ1v) is 9.19. The summed E-state index contributed by atoms with van der Waals surface area (Å²) in [4.78, 5) is 12.5. The van der Waals surface area contributed by atoms with E-state index >= 15 is 0 Å². The molecule has 27 heavy (non-hydrogen) atoms. The smallest absolute Gasteiger partial charge is 0.237 e. The largest absolute Gasteiger partial charge is 0.325 e. The molecule has 2 aromatic carbocycles. The van der Waals surface area contributed by atoms with E-state index in [1.807, 2.05) is 38.1 Å². The summed E-state index contributed by atoms with van der Waals surface area (Å²) in [6.45, 7) is 5.87. The van der Waals surface area contributed by atoms with Crippen LogP contribution in [0.3, 0.4) is 0 Å². The molecule has 0 spiro atoms. The molecule has 0 aliphatic rings. The molecule has 0 aliphatic heterocycles. The van der Waals surface area contributed by atoms with E-state index in [2.05, 4.69) is 20.8 Å². The fourth-order valence-corrected chi connectivity index (χ4v) is 3.16. The summed E-state index contributed by atoms with van der Waals surface area (Å²) in [6.07, 6.45) is 0. The molecule has 1 atom stereocenters. The van der Waals surface area contributed by atoms with E-state index in [0.717, 1.165) is 11.3 Å². The summed E-state index contributed by atoms with van der Waals surface area (Å²) < 4.78 is 1.63. The minimum atomic E-state index is -0.406. The molecule has 3 rings (SSSR count). The van der Waals surface area contributed by atoms with E-state index < -0.39 is 5.25 Å². The highest BCUT2D eigenvalue weighted by Gasteiger charge is 2.19. The molecule has 0 unspecified atom stereocenters. The van der Waals surface area contributed by atoms with Gasteiger partial charge in [-0.15, -0.1) is 5.10 Å². The molecule has 3 aromatic rings. The van der Waals surface area contributed by atoms with Crippen molar-refractivity contribution in [3.63, 3.8) is 0 Å². The van der Waals surface area contributed by atoms with Crippen molar-refractivity contribution in [2.45, 2.75) is 31.2 Å². The number of nitrogens with one attached hydrogen (secondary N) is 1. The van der Waals surface area contributed by atoms with Gasteiger partial charge in [-0.05, 0) is 78.7 Å². The van der Waals surface area contributed by atoms with Gasteiger partial charge >= 0.3 is 0 Å². The van der Waals surface area contributed by atoms with Crippen LogP contribution in [-0.4, -0.2) is 31.4 Å². The number of benzene rings is 2. The first-order valence-electron chi connectivity index (χ1n) is 8.31. The van der Waals surface area contributed by atoms with Gasteiger partial charge in [-0.3, -0.25) is 4.79 Å². The maximum atomic E-state index is 12.5. The van der Waals surface area contributed by atoms with Gasteiger partial charge in [0.1, 0.15) is 0 Å². The van der Waals surface area contributed by atoms with Crippen molar-refractivity contribution in [3.8, 4) is 11.8 Å². The Labute approximate surface area is 161 Å². The number of aromatic nitrogens is 4. The SMILES string of the molecule is Cc1ccc(-n2nnnc2S[C@@H](C)C(=O)Nc2ccc(C#N)cc2)cc1C. The van der Waals surface area contributed by atoms with Crippen LogP contribution in [0, 0.1) is 25.2 Å². The quantitative estimate of drug-likeness (QED) is 0.685. The number of nitriles is 1. The lowest BCUT2D eigenvalue weighted by Gasteiger charge is -2.12. The van der Waals surface area contributed by atoms with Gasteiger partial charge in [0.15, 0.2) is 0 Å². The Hall–Kier alpha value is -3.18. The molecule has 0 radical (unpaired) electrons. The highest BCUT2D eigenvalue weighted by atomic mass is 32.2. The van der Waals surface area contributed by atoms with Gasteiger partial charge < -0.3 is 5.32 Å². The first kappa shape index (κ1) is 18.6. The third-order valence-electron chi connectivity index (χ3n) is 4.11. The lowest BCUT2D eigenvalue weighted by atomic mass is 10.1. The van der Waals surface area contributed by atoms with Gasteiger partial charge in [0, 0.05) is 5.69 Å². The van der Waals surface area contributed by atoms with Crippen LogP contribution >= 0.6 is 11.8 Å². The van der Waals surface area contributed by atoms with Crippen LogP contribution in [0.1, 0.15) is 23.6 Å². The fraction of sp³-hybridized carbons (Fsp3) is 0.211. The zero-order valence-electron chi connectivity index (χ0n) is 15.2. The van der Waals surface area contributed by atoms with Gasteiger partial charge in [-0.2, -0.15) is 9.94 Å². The van der Waals surface area contributed by atoms with Crippen molar-refractivity contribution in [1.82, 2.24) is 20.2 Å². The second kappa shape index (κ2) is 8.01. The first-order chi connectivity index (χ1) is 13.0. The molecule has 0 saturated carbocycles. The zero-order valence-corrected chi connectivity index (χ0v) is 16.0. The minimum Gasteiger partial charge on any atom is -0.325 e. The summed E-state index contributed by atoms with van der Waals surface area (Å²) in [6, 6.07) is 14.7. The average molecular weight is 378 g/mol. The van der Waals surface area contributed by atoms with Crippen LogP contribution < -0.4 is 5.32 Å². The number of anilines is 1. The number of rotatable bonds is 5. The number of thioether (sulfide) groups is 1.